The predicted molar refractivity (Wildman–Crippen MR) is 38.9 cm³/mol. The maximum Gasteiger partial charge on any atom is 0.142 e. The fraction of sp³-hybridized carbons (Fsp3) is 0.571. The molecule has 4 heteroatoms. The first kappa shape index (κ1) is 8.20. The quantitative estimate of drug-likeness (QED) is 0.704. The van der Waals surface area contributed by atoms with E-state index < -0.39 is 6.17 Å². The Bertz CT molecular complexity index is 227. The van der Waals surface area contributed by atoms with Crippen molar-refractivity contribution < 1.29 is 8.91 Å². The number of alkyl halides is 1. The minimum absolute atomic E-state index is 0.0249. The van der Waals surface area contributed by atoms with Crippen LogP contribution in [0.2, 0.25) is 0 Å². The van der Waals surface area contributed by atoms with Crippen LogP contribution in [0.3, 0.4) is 0 Å². The van der Waals surface area contributed by atoms with Crippen LogP contribution < -0.4 is 5.73 Å². The molecule has 11 heavy (non-hydrogen) atoms. The SMILES string of the molecule is Cc1noc(C)c1C(F)CN. The zero-order chi connectivity index (χ0) is 8.43. The van der Waals surface area contributed by atoms with Crippen molar-refractivity contribution in [2.24, 2.45) is 5.73 Å². The molecule has 62 valence electrons. The van der Waals surface area contributed by atoms with Gasteiger partial charge in [-0.2, -0.15) is 0 Å². The van der Waals surface area contributed by atoms with Crippen LogP contribution in [-0.2, 0) is 0 Å². The van der Waals surface area contributed by atoms with Gasteiger partial charge < -0.3 is 10.3 Å². The van der Waals surface area contributed by atoms with E-state index in [0.717, 1.165) is 0 Å². The molecule has 0 bridgehead atoms. The summed E-state index contributed by atoms with van der Waals surface area (Å²) in [6.45, 7) is 3.36. The summed E-state index contributed by atoms with van der Waals surface area (Å²) in [6.07, 6.45) is -1.15. The number of rotatable bonds is 2. The van der Waals surface area contributed by atoms with Crippen LogP contribution in [0.1, 0.15) is 23.2 Å². The van der Waals surface area contributed by atoms with Gasteiger partial charge in [0, 0.05) is 6.54 Å². The molecule has 3 nitrogen and oxygen atoms in total. The van der Waals surface area contributed by atoms with Gasteiger partial charge in [-0.3, -0.25) is 0 Å². The largest absolute Gasteiger partial charge is 0.361 e. The van der Waals surface area contributed by atoms with Gasteiger partial charge in [0.15, 0.2) is 0 Å². The van der Waals surface area contributed by atoms with Gasteiger partial charge in [-0.25, -0.2) is 4.39 Å². The summed E-state index contributed by atoms with van der Waals surface area (Å²) < 4.78 is 17.8. The number of hydrogen-bond acceptors (Lipinski definition) is 3. The van der Waals surface area contributed by atoms with Gasteiger partial charge in [0.05, 0.1) is 11.3 Å². The Balaban J connectivity index is 3.00. The third-order valence-corrected chi connectivity index (χ3v) is 1.61. The zero-order valence-electron chi connectivity index (χ0n) is 6.60. The van der Waals surface area contributed by atoms with Crippen molar-refractivity contribution in [3.63, 3.8) is 0 Å². The van der Waals surface area contributed by atoms with E-state index in [2.05, 4.69) is 5.16 Å². The molecule has 0 spiro atoms. The second-order valence-corrected chi connectivity index (χ2v) is 2.44. The van der Waals surface area contributed by atoms with E-state index in [1.54, 1.807) is 13.8 Å². The molecular weight excluding hydrogens is 147 g/mol. The molecule has 0 saturated carbocycles. The van der Waals surface area contributed by atoms with Crippen molar-refractivity contribution in [3.8, 4) is 0 Å². The summed E-state index contributed by atoms with van der Waals surface area (Å²) in [5.74, 6) is 0.514. The Hall–Kier alpha value is -0.900. The smallest absolute Gasteiger partial charge is 0.142 e. The topological polar surface area (TPSA) is 52.0 Å². The molecule has 1 heterocycles. The third kappa shape index (κ3) is 1.40. The summed E-state index contributed by atoms with van der Waals surface area (Å²) in [4.78, 5) is 0. The second-order valence-electron chi connectivity index (χ2n) is 2.44. The fourth-order valence-electron chi connectivity index (χ4n) is 1.06. The van der Waals surface area contributed by atoms with Gasteiger partial charge in [0.25, 0.3) is 0 Å². The maximum atomic E-state index is 13.0. The molecule has 0 aliphatic heterocycles. The van der Waals surface area contributed by atoms with E-state index in [-0.39, 0.29) is 6.54 Å². The lowest BCUT2D eigenvalue weighted by atomic mass is 10.1. The molecule has 0 saturated heterocycles. The number of hydrogen-bond donors (Lipinski definition) is 1. The van der Waals surface area contributed by atoms with Crippen LogP contribution in [0.15, 0.2) is 4.52 Å². The standard InChI is InChI=1S/C7H11FN2O/c1-4-7(6(8)3-9)5(2)11-10-4/h6H,3,9H2,1-2H3. The minimum Gasteiger partial charge on any atom is -0.361 e. The van der Waals surface area contributed by atoms with E-state index in [9.17, 15) is 4.39 Å². The Kier molecular flexibility index (Phi) is 2.24. The third-order valence-electron chi connectivity index (χ3n) is 1.61. The number of nitrogens with two attached hydrogens (primary N) is 1. The lowest BCUT2D eigenvalue weighted by Gasteiger charge is -2.02. The van der Waals surface area contributed by atoms with E-state index in [1.165, 1.54) is 0 Å². The zero-order valence-corrected chi connectivity index (χ0v) is 6.60. The monoisotopic (exact) mass is 158 g/mol. The first-order chi connectivity index (χ1) is 5.16. The Labute approximate surface area is 64.4 Å². The van der Waals surface area contributed by atoms with Crippen LogP contribution in [0.5, 0.6) is 0 Å². The minimum atomic E-state index is -1.15. The van der Waals surface area contributed by atoms with E-state index >= 15 is 0 Å². The van der Waals surface area contributed by atoms with Gasteiger partial charge in [0.1, 0.15) is 11.9 Å². The predicted octanol–water partition coefficient (Wildman–Crippen LogP) is 1.26. The molecule has 0 radical (unpaired) electrons. The molecular formula is C7H11FN2O. The lowest BCUT2D eigenvalue weighted by Crippen LogP contribution is -2.08. The number of aryl methyl sites for hydroxylation is 2. The van der Waals surface area contributed by atoms with Gasteiger partial charge in [-0.15, -0.1) is 0 Å². The molecule has 1 rings (SSSR count). The van der Waals surface area contributed by atoms with Crippen molar-refractivity contribution in [1.29, 1.82) is 0 Å². The lowest BCUT2D eigenvalue weighted by molar-refractivity contribution is 0.342. The molecule has 0 amide bonds. The molecule has 0 aromatic carbocycles. The van der Waals surface area contributed by atoms with E-state index in [0.29, 0.717) is 17.0 Å². The van der Waals surface area contributed by atoms with Crippen molar-refractivity contribution in [1.82, 2.24) is 5.16 Å². The maximum absolute atomic E-state index is 13.0. The van der Waals surface area contributed by atoms with Crippen LogP contribution in [0.4, 0.5) is 4.39 Å². The van der Waals surface area contributed by atoms with Gasteiger partial charge in [-0.05, 0) is 13.8 Å². The summed E-state index contributed by atoms with van der Waals surface area (Å²) in [5.41, 5.74) is 6.23. The summed E-state index contributed by atoms with van der Waals surface area (Å²) in [7, 11) is 0. The molecule has 1 aromatic rings. The molecule has 1 aromatic heterocycles. The van der Waals surface area contributed by atoms with Gasteiger partial charge in [-0.1, -0.05) is 5.16 Å². The molecule has 0 aliphatic carbocycles. The molecule has 1 atom stereocenters. The first-order valence-corrected chi connectivity index (χ1v) is 3.43. The van der Waals surface area contributed by atoms with E-state index in [4.69, 9.17) is 10.3 Å². The van der Waals surface area contributed by atoms with E-state index in [1.807, 2.05) is 0 Å². The van der Waals surface area contributed by atoms with Crippen LogP contribution >= 0.6 is 0 Å². The van der Waals surface area contributed by atoms with Gasteiger partial charge in [0.2, 0.25) is 0 Å². The summed E-state index contributed by atoms with van der Waals surface area (Å²) >= 11 is 0. The van der Waals surface area contributed by atoms with Crippen molar-refractivity contribution in [2.45, 2.75) is 20.0 Å². The van der Waals surface area contributed by atoms with Crippen molar-refractivity contribution >= 4 is 0 Å². The normalized spacial score (nSPS) is 13.5. The van der Waals surface area contributed by atoms with Crippen molar-refractivity contribution in [3.05, 3.63) is 17.0 Å². The first-order valence-electron chi connectivity index (χ1n) is 3.43. The summed E-state index contributed by atoms with van der Waals surface area (Å²) in [6, 6.07) is 0. The number of halogens is 1. The molecule has 1 unspecified atom stereocenters. The number of nitrogens with zero attached hydrogens (tertiary/aromatic N) is 1. The average molecular weight is 158 g/mol. The Morgan fingerprint density at radius 1 is 1.64 bits per heavy atom. The molecule has 2 N–H and O–H groups in total. The highest BCUT2D eigenvalue weighted by Crippen LogP contribution is 2.22. The Morgan fingerprint density at radius 3 is 2.64 bits per heavy atom. The summed E-state index contributed by atoms with van der Waals surface area (Å²) in [5, 5.41) is 3.61. The van der Waals surface area contributed by atoms with Crippen LogP contribution in [0.25, 0.3) is 0 Å². The molecule has 0 fully saturated rings. The Morgan fingerprint density at radius 2 is 2.27 bits per heavy atom. The second kappa shape index (κ2) is 3.00. The van der Waals surface area contributed by atoms with Gasteiger partial charge >= 0.3 is 0 Å². The average Bonchev–Trinajstić information content (AvgIpc) is 2.30. The van der Waals surface area contributed by atoms with Crippen LogP contribution in [0, 0.1) is 13.8 Å². The fourth-order valence-corrected chi connectivity index (χ4v) is 1.06. The highest BCUT2D eigenvalue weighted by atomic mass is 19.1. The highest BCUT2D eigenvalue weighted by Gasteiger charge is 2.17. The highest BCUT2D eigenvalue weighted by molar-refractivity contribution is 5.23. The van der Waals surface area contributed by atoms with Crippen molar-refractivity contribution in [2.75, 3.05) is 6.54 Å². The number of aromatic nitrogens is 1. The molecule has 0 aliphatic rings. The van der Waals surface area contributed by atoms with Crippen LogP contribution in [-0.4, -0.2) is 11.7 Å².